The Bertz CT molecular complexity index is 1020. The molecule has 0 aliphatic rings. The van der Waals surface area contributed by atoms with Crippen LogP contribution in [0.15, 0.2) is 30.6 Å². The Morgan fingerprint density at radius 3 is 2.85 bits per heavy atom. The van der Waals surface area contributed by atoms with Crippen molar-refractivity contribution in [3.05, 3.63) is 57.6 Å². The Morgan fingerprint density at radius 1 is 1.35 bits per heavy atom. The van der Waals surface area contributed by atoms with Crippen molar-refractivity contribution in [3.63, 3.8) is 0 Å². The highest BCUT2D eigenvalue weighted by atomic mass is 35.5. The van der Waals surface area contributed by atoms with E-state index in [1.165, 1.54) is 12.4 Å². The minimum atomic E-state index is -0.382. The number of imidazole rings is 1. The van der Waals surface area contributed by atoms with Gasteiger partial charge in [-0.2, -0.15) is 5.26 Å². The highest BCUT2D eigenvalue weighted by Crippen LogP contribution is 2.23. The second kappa shape index (κ2) is 7.73. The van der Waals surface area contributed by atoms with Crippen molar-refractivity contribution >= 4 is 40.6 Å². The highest BCUT2D eigenvalue weighted by molar-refractivity contribution is 6.37. The third-order valence-corrected chi connectivity index (χ3v) is 4.41. The van der Waals surface area contributed by atoms with Crippen LogP contribution in [0.4, 0.5) is 5.82 Å². The van der Waals surface area contributed by atoms with Gasteiger partial charge in [0.1, 0.15) is 18.2 Å². The molecule has 0 bridgehead atoms. The summed E-state index contributed by atoms with van der Waals surface area (Å²) >= 11 is 12.0. The quantitative estimate of drug-likeness (QED) is 0.698. The summed E-state index contributed by atoms with van der Waals surface area (Å²) in [6.45, 7) is 2.09. The van der Waals surface area contributed by atoms with E-state index in [1.54, 1.807) is 22.6 Å². The number of amides is 1. The van der Waals surface area contributed by atoms with Crippen LogP contribution in [0.25, 0.3) is 5.65 Å². The number of carbonyl (C=O) groups is 1. The SMILES string of the molecule is CCCCc1cc(NC(=O)c2ccc(Cl)cc2Cl)n2cnc(C#N)c2n1. The number of unbranched alkanes of at least 4 members (excludes halogenated alkanes) is 1. The number of aryl methyl sites for hydroxylation is 1. The maximum absolute atomic E-state index is 12.6. The number of nitrogens with zero attached hydrogens (tertiary/aromatic N) is 4. The number of nitriles is 1. The van der Waals surface area contributed by atoms with Crippen molar-refractivity contribution < 1.29 is 4.79 Å². The first-order valence-corrected chi connectivity index (χ1v) is 8.82. The number of nitrogens with one attached hydrogen (secondary N) is 1. The molecule has 1 aromatic carbocycles. The van der Waals surface area contributed by atoms with Crippen molar-refractivity contribution in [1.82, 2.24) is 14.4 Å². The molecule has 2 aromatic heterocycles. The molecule has 0 unspecified atom stereocenters. The molecule has 0 fully saturated rings. The standard InChI is InChI=1S/C18H15Cl2N5O/c1-2-3-4-12-8-16(25-10-22-15(9-21)17(25)23-12)24-18(26)13-6-5-11(19)7-14(13)20/h5-8,10H,2-4H2,1H3,(H,24,26). The smallest absolute Gasteiger partial charge is 0.258 e. The molecular weight excluding hydrogens is 373 g/mol. The van der Waals surface area contributed by atoms with E-state index in [0.717, 1.165) is 25.0 Å². The molecule has 3 rings (SSSR count). The number of hydrogen-bond acceptors (Lipinski definition) is 4. The van der Waals surface area contributed by atoms with Crippen LogP contribution in [-0.4, -0.2) is 20.3 Å². The first kappa shape index (κ1) is 18.2. The molecule has 0 spiro atoms. The minimum absolute atomic E-state index is 0.211. The molecule has 26 heavy (non-hydrogen) atoms. The molecule has 132 valence electrons. The molecule has 0 aliphatic carbocycles. The van der Waals surface area contributed by atoms with Crippen LogP contribution in [0.3, 0.4) is 0 Å². The van der Waals surface area contributed by atoms with E-state index in [-0.39, 0.29) is 16.6 Å². The molecule has 0 saturated heterocycles. The Kier molecular flexibility index (Phi) is 5.40. The van der Waals surface area contributed by atoms with E-state index < -0.39 is 0 Å². The molecule has 3 aromatic rings. The van der Waals surface area contributed by atoms with Gasteiger partial charge in [-0.3, -0.25) is 9.20 Å². The molecule has 2 heterocycles. The number of anilines is 1. The van der Waals surface area contributed by atoms with Crippen LogP contribution in [-0.2, 0) is 6.42 Å². The molecule has 0 saturated carbocycles. The molecular formula is C18H15Cl2N5O. The lowest BCUT2D eigenvalue weighted by atomic mass is 10.2. The molecule has 0 atom stereocenters. The number of rotatable bonds is 5. The van der Waals surface area contributed by atoms with E-state index in [2.05, 4.69) is 22.2 Å². The van der Waals surface area contributed by atoms with Crippen LogP contribution in [0, 0.1) is 11.3 Å². The molecule has 8 heteroatoms. The third-order valence-electron chi connectivity index (χ3n) is 3.86. The zero-order valence-corrected chi connectivity index (χ0v) is 15.5. The van der Waals surface area contributed by atoms with Gasteiger partial charge in [-0.05, 0) is 31.0 Å². The zero-order valence-electron chi connectivity index (χ0n) is 14.0. The zero-order chi connectivity index (χ0) is 18.7. The van der Waals surface area contributed by atoms with Gasteiger partial charge >= 0.3 is 0 Å². The number of fused-ring (bicyclic) bond motifs is 1. The lowest BCUT2D eigenvalue weighted by Gasteiger charge is -2.11. The number of halogens is 2. The summed E-state index contributed by atoms with van der Waals surface area (Å²) in [5.74, 6) is 0.0962. The minimum Gasteiger partial charge on any atom is -0.308 e. The molecule has 1 N–H and O–H groups in total. The second-order valence-electron chi connectivity index (χ2n) is 5.71. The van der Waals surface area contributed by atoms with Gasteiger partial charge in [0.05, 0.1) is 10.6 Å². The largest absolute Gasteiger partial charge is 0.308 e. The van der Waals surface area contributed by atoms with Gasteiger partial charge < -0.3 is 5.32 Å². The average molecular weight is 388 g/mol. The van der Waals surface area contributed by atoms with E-state index in [1.807, 2.05) is 6.07 Å². The van der Waals surface area contributed by atoms with Crippen LogP contribution >= 0.6 is 23.2 Å². The summed E-state index contributed by atoms with van der Waals surface area (Å²) in [5.41, 5.74) is 1.72. The van der Waals surface area contributed by atoms with Crippen molar-refractivity contribution in [1.29, 1.82) is 5.26 Å². The molecule has 1 amide bonds. The van der Waals surface area contributed by atoms with E-state index in [4.69, 9.17) is 23.2 Å². The van der Waals surface area contributed by atoms with Crippen molar-refractivity contribution in [3.8, 4) is 6.07 Å². The Morgan fingerprint density at radius 2 is 2.15 bits per heavy atom. The molecule has 6 nitrogen and oxygen atoms in total. The summed E-state index contributed by atoms with van der Waals surface area (Å²) in [6, 6.07) is 8.47. The van der Waals surface area contributed by atoms with Crippen LogP contribution in [0.1, 0.15) is 41.5 Å². The van der Waals surface area contributed by atoms with Gasteiger partial charge in [-0.1, -0.05) is 36.5 Å². The molecule has 0 radical (unpaired) electrons. The van der Waals surface area contributed by atoms with Gasteiger partial charge in [-0.25, -0.2) is 9.97 Å². The maximum Gasteiger partial charge on any atom is 0.258 e. The van der Waals surface area contributed by atoms with E-state index >= 15 is 0 Å². The lowest BCUT2D eigenvalue weighted by Crippen LogP contribution is -2.15. The monoisotopic (exact) mass is 387 g/mol. The number of aromatic nitrogens is 3. The van der Waals surface area contributed by atoms with E-state index in [9.17, 15) is 10.1 Å². The van der Waals surface area contributed by atoms with Crippen molar-refractivity contribution in [2.24, 2.45) is 0 Å². The fourth-order valence-electron chi connectivity index (χ4n) is 2.54. The fraction of sp³-hybridized carbons (Fsp3) is 0.222. The number of benzene rings is 1. The molecule has 0 aliphatic heterocycles. The first-order chi connectivity index (χ1) is 12.5. The normalized spacial score (nSPS) is 10.7. The van der Waals surface area contributed by atoms with Crippen LogP contribution in [0.2, 0.25) is 10.0 Å². The van der Waals surface area contributed by atoms with Gasteiger partial charge in [0.2, 0.25) is 0 Å². The Hall–Kier alpha value is -2.62. The van der Waals surface area contributed by atoms with Crippen LogP contribution < -0.4 is 5.32 Å². The van der Waals surface area contributed by atoms with Gasteiger partial charge in [0.15, 0.2) is 11.3 Å². The van der Waals surface area contributed by atoms with Crippen molar-refractivity contribution in [2.45, 2.75) is 26.2 Å². The Labute approximate surface area is 160 Å². The third kappa shape index (κ3) is 3.64. The van der Waals surface area contributed by atoms with Gasteiger partial charge in [0.25, 0.3) is 5.91 Å². The number of carbonyl (C=O) groups excluding carboxylic acids is 1. The maximum atomic E-state index is 12.6. The fourth-order valence-corrected chi connectivity index (χ4v) is 3.03. The summed E-state index contributed by atoms with van der Waals surface area (Å²) in [7, 11) is 0. The highest BCUT2D eigenvalue weighted by Gasteiger charge is 2.16. The lowest BCUT2D eigenvalue weighted by molar-refractivity contribution is 0.102. The van der Waals surface area contributed by atoms with Gasteiger partial charge in [-0.15, -0.1) is 0 Å². The summed E-state index contributed by atoms with van der Waals surface area (Å²) < 4.78 is 1.58. The second-order valence-corrected chi connectivity index (χ2v) is 6.56. The summed E-state index contributed by atoms with van der Waals surface area (Å²) in [5, 5.41) is 12.8. The summed E-state index contributed by atoms with van der Waals surface area (Å²) in [6.07, 6.45) is 4.17. The predicted molar refractivity (Wildman–Crippen MR) is 101 cm³/mol. The topological polar surface area (TPSA) is 83.1 Å². The van der Waals surface area contributed by atoms with E-state index in [0.29, 0.717) is 22.1 Å². The Balaban J connectivity index is 2.01. The number of hydrogen-bond donors (Lipinski definition) is 1. The summed E-state index contributed by atoms with van der Waals surface area (Å²) in [4.78, 5) is 21.2. The first-order valence-electron chi connectivity index (χ1n) is 8.07. The average Bonchev–Trinajstić information content (AvgIpc) is 3.03. The van der Waals surface area contributed by atoms with Crippen LogP contribution in [0.5, 0.6) is 0 Å². The van der Waals surface area contributed by atoms with Gasteiger partial charge in [0, 0.05) is 16.8 Å². The predicted octanol–water partition coefficient (Wildman–Crippen LogP) is 4.50. The van der Waals surface area contributed by atoms with Crippen molar-refractivity contribution in [2.75, 3.05) is 5.32 Å².